The summed E-state index contributed by atoms with van der Waals surface area (Å²) >= 11 is 0. The summed E-state index contributed by atoms with van der Waals surface area (Å²) in [7, 11) is 0. The molecule has 0 N–H and O–H groups in total. The maximum Gasteiger partial charge on any atom is 0.00933 e. The first-order chi connectivity index (χ1) is 7.90. The third-order valence-electron chi connectivity index (χ3n) is 3.79. The molecule has 1 heteroatoms. The topological polar surface area (TPSA) is 3.24 Å². The predicted molar refractivity (Wildman–Crippen MR) is 72.7 cm³/mol. The number of hydrogen-bond acceptors (Lipinski definition) is 1. The maximum atomic E-state index is 2.72. The van der Waals surface area contributed by atoms with Crippen LogP contribution in [0, 0.1) is 5.92 Å². The molecule has 1 aliphatic heterocycles. The van der Waals surface area contributed by atoms with Gasteiger partial charge in [0.1, 0.15) is 0 Å². The fourth-order valence-electron chi connectivity index (χ4n) is 2.93. The molecular weight excluding hydrogens is 194 g/mol. The van der Waals surface area contributed by atoms with Crippen LogP contribution in [0.3, 0.4) is 0 Å². The maximum absolute atomic E-state index is 2.72. The Morgan fingerprint density at radius 3 is 2.62 bits per heavy atom. The van der Waals surface area contributed by atoms with E-state index in [1.165, 1.54) is 51.6 Å². The lowest BCUT2D eigenvalue weighted by molar-refractivity contribution is 0.218. The van der Waals surface area contributed by atoms with Crippen molar-refractivity contribution in [2.75, 3.05) is 13.1 Å². The second-order valence-electron chi connectivity index (χ2n) is 4.82. The Hall–Kier alpha value is -0.300. The van der Waals surface area contributed by atoms with Gasteiger partial charge in [0.05, 0.1) is 0 Å². The number of rotatable bonds is 3. The van der Waals surface area contributed by atoms with Crippen LogP contribution in [-0.4, -0.2) is 24.0 Å². The fourth-order valence-corrected chi connectivity index (χ4v) is 2.93. The summed E-state index contributed by atoms with van der Waals surface area (Å²) in [5.74, 6) is 0.857. The molecule has 0 radical (unpaired) electrons. The smallest absolute Gasteiger partial charge is 0.00933 e. The minimum Gasteiger partial charge on any atom is -0.300 e. The van der Waals surface area contributed by atoms with Gasteiger partial charge in [-0.25, -0.2) is 0 Å². The van der Waals surface area contributed by atoms with Crippen molar-refractivity contribution in [1.82, 2.24) is 4.90 Å². The Kier molecular flexibility index (Phi) is 6.79. The second-order valence-corrected chi connectivity index (χ2v) is 4.82. The van der Waals surface area contributed by atoms with Gasteiger partial charge < -0.3 is 0 Å². The molecule has 0 spiro atoms. The quantitative estimate of drug-likeness (QED) is 0.647. The zero-order valence-corrected chi connectivity index (χ0v) is 11.4. The number of nitrogens with zero attached hydrogens (tertiary/aromatic N) is 1. The standard InChI is InChI=1S/C13H23N.C2H6/c1-2-13-9-6-10-14(13)11-12-7-4-3-5-8-12;1-2/h4,7,12-13H,2-3,5-6,8-11H2,1H3;1-2H3. The largest absolute Gasteiger partial charge is 0.300 e. The third kappa shape index (κ3) is 3.93. The van der Waals surface area contributed by atoms with E-state index < -0.39 is 0 Å². The predicted octanol–water partition coefficient (Wildman–Crippen LogP) is 4.24. The molecule has 0 saturated carbocycles. The molecule has 16 heavy (non-hydrogen) atoms. The molecule has 1 heterocycles. The highest BCUT2D eigenvalue weighted by Crippen LogP contribution is 2.24. The van der Waals surface area contributed by atoms with Crippen LogP contribution >= 0.6 is 0 Å². The van der Waals surface area contributed by atoms with Crippen LogP contribution in [0.5, 0.6) is 0 Å². The molecule has 0 aromatic heterocycles. The molecule has 2 unspecified atom stereocenters. The molecule has 0 amide bonds. The summed E-state index contributed by atoms with van der Waals surface area (Å²) in [6.45, 7) is 9.01. The Labute approximate surface area is 102 Å². The van der Waals surface area contributed by atoms with Gasteiger partial charge in [-0.05, 0) is 51.0 Å². The van der Waals surface area contributed by atoms with Crippen molar-refractivity contribution in [1.29, 1.82) is 0 Å². The lowest BCUT2D eigenvalue weighted by atomic mass is 9.95. The van der Waals surface area contributed by atoms with Crippen molar-refractivity contribution in [3.05, 3.63) is 12.2 Å². The molecule has 0 aromatic rings. The van der Waals surface area contributed by atoms with Crippen LogP contribution in [0.25, 0.3) is 0 Å². The van der Waals surface area contributed by atoms with Crippen LogP contribution < -0.4 is 0 Å². The van der Waals surface area contributed by atoms with Crippen molar-refractivity contribution >= 4 is 0 Å². The van der Waals surface area contributed by atoms with Crippen molar-refractivity contribution in [2.24, 2.45) is 5.92 Å². The summed E-state index contributed by atoms with van der Waals surface area (Å²) < 4.78 is 0. The average Bonchev–Trinajstić information content (AvgIpc) is 2.80. The van der Waals surface area contributed by atoms with Crippen molar-refractivity contribution in [3.8, 4) is 0 Å². The lowest BCUT2D eigenvalue weighted by Gasteiger charge is -2.28. The van der Waals surface area contributed by atoms with Gasteiger partial charge in [-0.3, -0.25) is 4.90 Å². The summed E-state index contributed by atoms with van der Waals surface area (Å²) in [5, 5.41) is 0. The number of likely N-dealkylation sites (tertiary alicyclic amines) is 1. The molecule has 0 bridgehead atoms. The summed E-state index contributed by atoms with van der Waals surface area (Å²) in [5.41, 5.74) is 0. The first-order valence-electron chi connectivity index (χ1n) is 7.31. The molecule has 94 valence electrons. The molecule has 0 aromatic carbocycles. The molecule has 1 fully saturated rings. The van der Waals surface area contributed by atoms with Crippen molar-refractivity contribution in [3.63, 3.8) is 0 Å². The zero-order valence-electron chi connectivity index (χ0n) is 11.4. The second kappa shape index (κ2) is 7.89. The van der Waals surface area contributed by atoms with Crippen LogP contribution in [0.15, 0.2) is 12.2 Å². The number of hydrogen-bond donors (Lipinski definition) is 0. The van der Waals surface area contributed by atoms with Gasteiger partial charge in [0.15, 0.2) is 0 Å². The first kappa shape index (κ1) is 13.8. The van der Waals surface area contributed by atoms with Gasteiger partial charge in [-0.2, -0.15) is 0 Å². The minimum atomic E-state index is 0.857. The van der Waals surface area contributed by atoms with E-state index >= 15 is 0 Å². The minimum absolute atomic E-state index is 0.857. The van der Waals surface area contributed by atoms with E-state index in [0.717, 1.165) is 12.0 Å². The van der Waals surface area contributed by atoms with Gasteiger partial charge in [-0.1, -0.05) is 32.9 Å². The van der Waals surface area contributed by atoms with Gasteiger partial charge in [0.25, 0.3) is 0 Å². The van der Waals surface area contributed by atoms with E-state index in [0.29, 0.717) is 0 Å². The highest BCUT2D eigenvalue weighted by Gasteiger charge is 2.24. The first-order valence-corrected chi connectivity index (χ1v) is 7.31. The number of allylic oxidation sites excluding steroid dienone is 1. The van der Waals surface area contributed by atoms with E-state index in [1.54, 1.807) is 0 Å². The van der Waals surface area contributed by atoms with E-state index in [-0.39, 0.29) is 0 Å². The van der Waals surface area contributed by atoms with Crippen molar-refractivity contribution < 1.29 is 0 Å². The van der Waals surface area contributed by atoms with Crippen LogP contribution in [-0.2, 0) is 0 Å². The monoisotopic (exact) mass is 223 g/mol. The van der Waals surface area contributed by atoms with Gasteiger partial charge in [0, 0.05) is 12.6 Å². The molecule has 2 atom stereocenters. The molecule has 1 nitrogen and oxygen atoms in total. The summed E-state index contributed by atoms with van der Waals surface area (Å²) in [6.07, 6.45) is 13.2. The zero-order chi connectivity index (χ0) is 11.8. The summed E-state index contributed by atoms with van der Waals surface area (Å²) in [4.78, 5) is 2.72. The molecule has 2 rings (SSSR count). The normalized spacial score (nSPS) is 29.9. The highest BCUT2D eigenvalue weighted by molar-refractivity contribution is 4.95. The average molecular weight is 223 g/mol. The van der Waals surface area contributed by atoms with E-state index in [9.17, 15) is 0 Å². The molecule has 1 saturated heterocycles. The van der Waals surface area contributed by atoms with Crippen LogP contribution in [0.2, 0.25) is 0 Å². The Morgan fingerprint density at radius 1 is 1.19 bits per heavy atom. The molecule has 1 aliphatic carbocycles. The van der Waals surface area contributed by atoms with E-state index in [2.05, 4.69) is 24.0 Å². The van der Waals surface area contributed by atoms with Gasteiger partial charge >= 0.3 is 0 Å². The molecule has 2 aliphatic rings. The lowest BCUT2D eigenvalue weighted by Crippen LogP contribution is -2.33. The van der Waals surface area contributed by atoms with Crippen LogP contribution in [0.4, 0.5) is 0 Å². The van der Waals surface area contributed by atoms with Crippen LogP contribution in [0.1, 0.15) is 59.3 Å². The van der Waals surface area contributed by atoms with E-state index in [1.807, 2.05) is 13.8 Å². The Balaban J connectivity index is 0.000000606. The fraction of sp³-hybridized carbons (Fsp3) is 0.867. The summed E-state index contributed by atoms with van der Waals surface area (Å²) in [6, 6.07) is 0.894. The van der Waals surface area contributed by atoms with Crippen molar-refractivity contribution in [2.45, 2.75) is 65.3 Å². The van der Waals surface area contributed by atoms with E-state index in [4.69, 9.17) is 0 Å². The van der Waals surface area contributed by atoms with Gasteiger partial charge in [-0.15, -0.1) is 0 Å². The molecular formula is C15H29N. The Bertz CT molecular complexity index is 198. The SMILES string of the molecule is CC.CCC1CCCN1CC1C=CCCC1. The third-order valence-corrected chi connectivity index (χ3v) is 3.79. The Morgan fingerprint density at radius 2 is 2.00 bits per heavy atom. The van der Waals surface area contributed by atoms with Gasteiger partial charge in [0.2, 0.25) is 0 Å². The highest BCUT2D eigenvalue weighted by atomic mass is 15.2.